The number of rotatable bonds is 3. The molecule has 1 aliphatic carbocycles. The number of fused-ring (bicyclic) bond motifs is 3. The van der Waals surface area contributed by atoms with Crippen LogP contribution in [0.3, 0.4) is 0 Å². The van der Waals surface area contributed by atoms with Gasteiger partial charge >= 0.3 is 6.03 Å². The molecule has 0 saturated heterocycles. The molecule has 1 aromatic heterocycles. The third-order valence-electron chi connectivity index (χ3n) is 4.25. The molecule has 2 aliphatic rings. The highest BCUT2D eigenvalue weighted by Crippen LogP contribution is 2.34. The van der Waals surface area contributed by atoms with Crippen molar-refractivity contribution in [1.82, 2.24) is 9.63 Å². The SMILES string of the molecule is NC(=O)N(O)C1C=Cc2cc3ccc(OC4=CC=CCC4)cc3n21. The number of carbonyl (C=O) groups is 1. The number of ether oxygens (including phenoxy) is 1. The molecule has 0 spiro atoms. The van der Waals surface area contributed by atoms with Crippen molar-refractivity contribution in [2.45, 2.75) is 19.0 Å². The highest BCUT2D eigenvalue weighted by Gasteiger charge is 2.26. The highest BCUT2D eigenvalue weighted by molar-refractivity contribution is 5.86. The van der Waals surface area contributed by atoms with Crippen LogP contribution >= 0.6 is 0 Å². The van der Waals surface area contributed by atoms with Crippen LogP contribution in [0, 0.1) is 0 Å². The van der Waals surface area contributed by atoms with Crippen LogP contribution in [-0.2, 0) is 0 Å². The van der Waals surface area contributed by atoms with Gasteiger partial charge in [0.05, 0.1) is 5.52 Å². The van der Waals surface area contributed by atoms with E-state index in [0.717, 1.165) is 40.9 Å². The maximum absolute atomic E-state index is 11.3. The van der Waals surface area contributed by atoms with E-state index in [1.54, 1.807) is 6.08 Å². The average molecular weight is 323 g/mol. The molecule has 0 bridgehead atoms. The van der Waals surface area contributed by atoms with Crippen molar-refractivity contribution in [3.05, 3.63) is 60.0 Å². The lowest BCUT2D eigenvalue weighted by Gasteiger charge is -2.22. The van der Waals surface area contributed by atoms with E-state index in [1.807, 2.05) is 47.1 Å². The van der Waals surface area contributed by atoms with E-state index in [1.165, 1.54) is 0 Å². The number of allylic oxidation sites excluding steroid dienone is 4. The normalized spacial score (nSPS) is 18.5. The quantitative estimate of drug-likeness (QED) is 0.669. The molecular formula is C18H17N3O3. The first-order chi connectivity index (χ1) is 11.6. The molecule has 6 nitrogen and oxygen atoms in total. The molecule has 2 amide bonds. The molecule has 1 unspecified atom stereocenters. The van der Waals surface area contributed by atoms with Gasteiger partial charge in [0.1, 0.15) is 11.5 Å². The van der Waals surface area contributed by atoms with Crippen LogP contribution in [0.25, 0.3) is 17.0 Å². The first-order valence-corrected chi connectivity index (χ1v) is 7.78. The van der Waals surface area contributed by atoms with Crippen molar-refractivity contribution in [3.8, 4) is 5.75 Å². The van der Waals surface area contributed by atoms with Gasteiger partial charge in [0.25, 0.3) is 0 Å². The van der Waals surface area contributed by atoms with Gasteiger partial charge in [-0.25, -0.2) is 4.79 Å². The number of carbonyl (C=O) groups excluding carboxylic acids is 1. The molecule has 1 atom stereocenters. The number of aromatic nitrogens is 1. The van der Waals surface area contributed by atoms with E-state index in [9.17, 15) is 10.0 Å². The zero-order valence-electron chi connectivity index (χ0n) is 12.9. The Kier molecular flexibility index (Phi) is 3.39. The smallest absolute Gasteiger partial charge is 0.340 e. The summed E-state index contributed by atoms with van der Waals surface area (Å²) in [4.78, 5) is 11.3. The molecule has 2 aromatic rings. The van der Waals surface area contributed by atoms with Crippen LogP contribution in [0.15, 0.2) is 54.3 Å². The second-order valence-electron chi connectivity index (χ2n) is 5.82. The van der Waals surface area contributed by atoms with Gasteiger partial charge < -0.3 is 15.0 Å². The van der Waals surface area contributed by atoms with E-state index in [2.05, 4.69) is 6.08 Å². The molecule has 0 saturated carbocycles. The third kappa shape index (κ3) is 2.37. The van der Waals surface area contributed by atoms with Crippen LogP contribution in [-0.4, -0.2) is 20.9 Å². The minimum absolute atomic E-state index is 0.522. The molecule has 0 radical (unpaired) electrons. The molecule has 122 valence electrons. The predicted octanol–water partition coefficient (Wildman–Crippen LogP) is 3.55. The summed E-state index contributed by atoms with van der Waals surface area (Å²) in [6.07, 6.45) is 10.8. The van der Waals surface area contributed by atoms with Crippen molar-refractivity contribution >= 4 is 23.0 Å². The van der Waals surface area contributed by atoms with E-state index in [0.29, 0.717) is 5.06 Å². The van der Waals surface area contributed by atoms with Crippen molar-refractivity contribution in [1.29, 1.82) is 0 Å². The third-order valence-corrected chi connectivity index (χ3v) is 4.25. The Morgan fingerprint density at radius 1 is 1.38 bits per heavy atom. The van der Waals surface area contributed by atoms with E-state index >= 15 is 0 Å². The Balaban J connectivity index is 1.72. The standard InChI is InChI=1S/C18H17N3O3/c19-18(22)21(23)17-9-7-13-10-12-6-8-15(11-16(12)20(13)17)24-14-4-2-1-3-5-14/h1-2,4,6-11,17,23H,3,5H2,(H2,19,22). The van der Waals surface area contributed by atoms with Gasteiger partial charge in [-0.15, -0.1) is 0 Å². The van der Waals surface area contributed by atoms with Gasteiger partial charge in [0, 0.05) is 23.6 Å². The summed E-state index contributed by atoms with van der Waals surface area (Å²) in [5, 5.41) is 11.4. The fourth-order valence-electron chi connectivity index (χ4n) is 3.12. The summed E-state index contributed by atoms with van der Waals surface area (Å²) in [6.45, 7) is 0. The summed E-state index contributed by atoms with van der Waals surface area (Å²) < 4.78 is 7.79. The maximum Gasteiger partial charge on any atom is 0.340 e. The predicted molar refractivity (Wildman–Crippen MR) is 90.3 cm³/mol. The number of nitrogens with two attached hydrogens (primary N) is 1. The van der Waals surface area contributed by atoms with Crippen LogP contribution in [0.5, 0.6) is 5.75 Å². The summed E-state index contributed by atoms with van der Waals surface area (Å²) in [5.74, 6) is 1.64. The fourth-order valence-corrected chi connectivity index (χ4v) is 3.12. The summed E-state index contributed by atoms with van der Waals surface area (Å²) in [5.41, 5.74) is 6.95. The molecule has 6 heteroatoms. The van der Waals surface area contributed by atoms with E-state index < -0.39 is 12.2 Å². The number of hydroxylamine groups is 2. The van der Waals surface area contributed by atoms with Crippen LogP contribution < -0.4 is 10.5 Å². The van der Waals surface area contributed by atoms with Gasteiger partial charge in [0.2, 0.25) is 0 Å². The highest BCUT2D eigenvalue weighted by atomic mass is 16.5. The number of primary amides is 1. The minimum atomic E-state index is -0.897. The Labute approximate surface area is 138 Å². The van der Waals surface area contributed by atoms with Crippen LogP contribution in [0.2, 0.25) is 0 Å². The Morgan fingerprint density at radius 2 is 2.25 bits per heavy atom. The molecule has 24 heavy (non-hydrogen) atoms. The number of amides is 2. The van der Waals surface area contributed by atoms with Gasteiger partial charge in [-0.2, -0.15) is 5.06 Å². The van der Waals surface area contributed by atoms with Crippen LogP contribution in [0.1, 0.15) is 24.7 Å². The van der Waals surface area contributed by atoms with Gasteiger partial charge in [-0.3, -0.25) is 5.21 Å². The monoisotopic (exact) mass is 323 g/mol. The summed E-state index contributed by atoms with van der Waals surface area (Å²) in [7, 11) is 0. The second kappa shape index (κ2) is 5.58. The maximum atomic E-state index is 11.3. The van der Waals surface area contributed by atoms with Gasteiger partial charge in [-0.05, 0) is 42.8 Å². The number of hydrogen-bond acceptors (Lipinski definition) is 3. The van der Waals surface area contributed by atoms with Gasteiger partial charge in [0.15, 0.2) is 6.17 Å². The minimum Gasteiger partial charge on any atom is -0.462 e. The Morgan fingerprint density at radius 3 is 3.00 bits per heavy atom. The first-order valence-electron chi connectivity index (χ1n) is 7.78. The van der Waals surface area contributed by atoms with Crippen molar-refractivity contribution in [3.63, 3.8) is 0 Å². The summed E-state index contributed by atoms with van der Waals surface area (Å²) in [6, 6.07) is 6.89. The molecule has 1 aromatic carbocycles. The number of benzene rings is 1. The zero-order chi connectivity index (χ0) is 16.7. The lowest BCUT2D eigenvalue weighted by Crippen LogP contribution is -2.37. The van der Waals surface area contributed by atoms with Crippen molar-refractivity contribution in [2.24, 2.45) is 5.73 Å². The number of nitrogens with zero attached hydrogens (tertiary/aromatic N) is 2. The van der Waals surface area contributed by atoms with E-state index in [-0.39, 0.29) is 0 Å². The lowest BCUT2D eigenvalue weighted by atomic mass is 10.1. The second-order valence-corrected chi connectivity index (χ2v) is 5.82. The van der Waals surface area contributed by atoms with Crippen molar-refractivity contribution in [2.75, 3.05) is 0 Å². The largest absolute Gasteiger partial charge is 0.462 e. The number of urea groups is 1. The molecular weight excluding hydrogens is 306 g/mol. The number of hydrogen-bond donors (Lipinski definition) is 2. The molecule has 1 aliphatic heterocycles. The molecule has 2 heterocycles. The lowest BCUT2D eigenvalue weighted by molar-refractivity contribution is -0.0803. The zero-order valence-corrected chi connectivity index (χ0v) is 12.9. The van der Waals surface area contributed by atoms with E-state index in [4.69, 9.17) is 10.5 Å². The average Bonchev–Trinajstić information content (AvgIpc) is 3.14. The first kappa shape index (κ1) is 14.6. The van der Waals surface area contributed by atoms with Gasteiger partial charge in [-0.1, -0.05) is 12.2 Å². The Bertz CT molecular complexity index is 908. The molecule has 0 fully saturated rings. The van der Waals surface area contributed by atoms with Crippen molar-refractivity contribution < 1.29 is 14.7 Å². The molecule has 3 N–H and O–H groups in total. The summed E-state index contributed by atoms with van der Waals surface area (Å²) >= 11 is 0. The fraction of sp³-hybridized carbons (Fsp3) is 0.167. The molecule has 4 rings (SSSR count). The topological polar surface area (TPSA) is 80.7 Å². The Hall–Kier alpha value is -2.99. The van der Waals surface area contributed by atoms with Crippen LogP contribution in [0.4, 0.5) is 4.79 Å².